The molecule has 0 saturated heterocycles. The number of carbonyl (C=O) groups is 1. The molecule has 0 saturated carbocycles. The minimum absolute atomic E-state index is 0.0933. The predicted octanol–water partition coefficient (Wildman–Crippen LogP) is 3.98. The lowest BCUT2D eigenvalue weighted by Crippen LogP contribution is -2.22. The molecule has 1 aromatic heterocycles. The molecule has 0 spiro atoms. The fraction of sp³-hybridized carbons (Fsp3) is 0.118. The molecule has 128 valence electrons. The summed E-state index contributed by atoms with van der Waals surface area (Å²) >= 11 is 11.7. The van der Waals surface area contributed by atoms with Gasteiger partial charge in [-0.2, -0.15) is 0 Å². The molecule has 6 nitrogen and oxygen atoms in total. The first-order valence-electron chi connectivity index (χ1n) is 7.27. The van der Waals surface area contributed by atoms with Crippen LogP contribution in [0.3, 0.4) is 0 Å². The minimum Gasteiger partial charge on any atom is -0.497 e. The van der Waals surface area contributed by atoms with Crippen LogP contribution in [0.4, 0.5) is 0 Å². The number of amides is 1. The molecule has 0 aliphatic heterocycles. The Morgan fingerprint density at radius 2 is 2.00 bits per heavy atom. The van der Waals surface area contributed by atoms with Crippen molar-refractivity contribution >= 4 is 29.1 Å². The zero-order valence-corrected chi connectivity index (χ0v) is 14.6. The van der Waals surface area contributed by atoms with Crippen molar-refractivity contribution in [3.05, 3.63) is 64.0 Å². The molecule has 3 rings (SSSR count). The van der Waals surface area contributed by atoms with E-state index in [1.807, 2.05) is 18.2 Å². The van der Waals surface area contributed by atoms with Gasteiger partial charge in [0.15, 0.2) is 0 Å². The fourth-order valence-corrected chi connectivity index (χ4v) is 2.39. The number of hydrogen-bond acceptors (Lipinski definition) is 5. The first-order valence-corrected chi connectivity index (χ1v) is 8.02. The predicted molar refractivity (Wildman–Crippen MR) is 93.9 cm³/mol. The van der Waals surface area contributed by atoms with Crippen molar-refractivity contribution in [2.45, 2.75) is 6.54 Å². The van der Waals surface area contributed by atoms with E-state index in [1.54, 1.807) is 25.3 Å². The molecule has 0 aliphatic rings. The van der Waals surface area contributed by atoms with Gasteiger partial charge < -0.3 is 14.5 Å². The van der Waals surface area contributed by atoms with Crippen molar-refractivity contribution in [2.75, 3.05) is 7.11 Å². The van der Waals surface area contributed by atoms with E-state index in [4.69, 9.17) is 32.4 Å². The van der Waals surface area contributed by atoms with Crippen molar-refractivity contribution in [2.24, 2.45) is 0 Å². The molecule has 0 unspecified atom stereocenters. The average molecular weight is 378 g/mol. The highest BCUT2D eigenvalue weighted by molar-refractivity contribution is 6.42. The summed E-state index contributed by atoms with van der Waals surface area (Å²) in [5.41, 5.74) is 1.12. The maximum Gasteiger partial charge on any atom is 0.251 e. The van der Waals surface area contributed by atoms with E-state index in [2.05, 4.69) is 15.5 Å². The summed E-state index contributed by atoms with van der Waals surface area (Å²) in [5, 5.41) is 11.3. The Bertz CT molecular complexity index is 912. The number of ether oxygens (including phenoxy) is 1. The maximum atomic E-state index is 12.1. The van der Waals surface area contributed by atoms with E-state index in [0.717, 1.165) is 5.56 Å². The Morgan fingerprint density at radius 1 is 1.16 bits per heavy atom. The minimum atomic E-state index is -0.320. The monoisotopic (exact) mass is 377 g/mol. The number of methoxy groups -OCH3 is 1. The summed E-state index contributed by atoms with van der Waals surface area (Å²) in [4.78, 5) is 12.1. The van der Waals surface area contributed by atoms with Gasteiger partial charge in [-0.3, -0.25) is 4.79 Å². The number of rotatable bonds is 5. The van der Waals surface area contributed by atoms with Crippen LogP contribution in [0.5, 0.6) is 5.75 Å². The van der Waals surface area contributed by atoms with Crippen LogP contribution in [0.2, 0.25) is 10.0 Å². The lowest BCUT2D eigenvalue weighted by atomic mass is 10.2. The number of nitrogens with one attached hydrogen (secondary N) is 1. The molecule has 2 aromatic carbocycles. The van der Waals surface area contributed by atoms with Crippen LogP contribution in [0, 0.1) is 0 Å². The molecule has 0 atom stereocenters. The molecule has 1 amide bonds. The summed E-state index contributed by atoms with van der Waals surface area (Å²) in [6.45, 7) is 0.0933. The van der Waals surface area contributed by atoms with Crippen molar-refractivity contribution in [3.63, 3.8) is 0 Å². The van der Waals surface area contributed by atoms with Crippen molar-refractivity contribution in [3.8, 4) is 17.2 Å². The Balaban J connectivity index is 1.67. The molecule has 1 N–H and O–H groups in total. The molecular weight excluding hydrogens is 365 g/mol. The molecule has 8 heteroatoms. The molecule has 25 heavy (non-hydrogen) atoms. The van der Waals surface area contributed by atoms with Crippen molar-refractivity contribution in [1.82, 2.24) is 15.5 Å². The second-order valence-electron chi connectivity index (χ2n) is 5.04. The smallest absolute Gasteiger partial charge is 0.251 e. The standard InChI is InChI=1S/C17H13Cl2N3O3/c1-24-12-4-2-3-11(7-12)17-22-21-15(25-17)9-20-16(23)10-5-6-13(18)14(19)8-10/h2-8H,9H2,1H3,(H,20,23). The van der Waals surface area contributed by atoms with Gasteiger partial charge in [-0.1, -0.05) is 29.3 Å². The fourth-order valence-electron chi connectivity index (χ4n) is 2.09. The Morgan fingerprint density at radius 3 is 2.76 bits per heavy atom. The topological polar surface area (TPSA) is 77.3 Å². The van der Waals surface area contributed by atoms with Gasteiger partial charge in [0.05, 0.1) is 23.7 Å². The number of nitrogens with zero attached hydrogens (tertiary/aromatic N) is 2. The van der Waals surface area contributed by atoms with Crippen molar-refractivity contribution in [1.29, 1.82) is 0 Å². The summed E-state index contributed by atoms with van der Waals surface area (Å²) in [6.07, 6.45) is 0. The van der Waals surface area contributed by atoms with Gasteiger partial charge in [0, 0.05) is 11.1 Å². The third-order valence-electron chi connectivity index (χ3n) is 3.37. The van der Waals surface area contributed by atoms with Gasteiger partial charge >= 0.3 is 0 Å². The Labute approximate surface area is 153 Å². The second-order valence-corrected chi connectivity index (χ2v) is 5.86. The molecule has 0 bridgehead atoms. The first-order chi connectivity index (χ1) is 12.1. The van der Waals surface area contributed by atoms with Gasteiger partial charge in [-0.05, 0) is 36.4 Å². The van der Waals surface area contributed by atoms with Gasteiger partial charge in [0.2, 0.25) is 11.8 Å². The number of aromatic nitrogens is 2. The van der Waals surface area contributed by atoms with E-state index in [-0.39, 0.29) is 18.3 Å². The van der Waals surface area contributed by atoms with Gasteiger partial charge in [-0.15, -0.1) is 10.2 Å². The summed E-state index contributed by atoms with van der Waals surface area (Å²) in [6, 6.07) is 11.9. The highest BCUT2D eigenvalue weighted by Crippen LogP contribution is 2.23. The third-order valence-corrected chi connectivity index (χ3v) is 4.10. The van der Waals surface area contributed by atoms with Crippen LogP contribution in [-0.2, 0) is 6.54 Å². The lowest BCUT2D eigenvalue weighted by molar-refractivity contribution is 0.0947. The average Bonchev–Trinajstić information content (AvgIpc) is 3.11. The first kappa shape index (κ1) is 17.3. The van der Waals surface area contributed by atoms with Crippen LogP contribution in [0.1, 0.15) is 16.2 Å². The summed E-state index contributed by atoms with van der Waals surface area (Å²) in [7, 11) is 1.58. The van der Waals surface area contributed by atoms with Crippen LogP contribution in [0.15, 0.2) is 46.9 Å². The van der Waals surface area contributed by atoms with Crippen LogP contribution in [0.25, 0.3) is 11.5 Å². The lowest BCUT2D eigenvalue weighted by Gasteiger charge is -2.04. The normalized spacial score (nSPS) is 10.5. The van der Waals surface area contributed by atoms with Crippen molar-refractivity contribution < 1.29 is 13.9 Å². The van der Waals surface area contributed by atoms with Gasteiger partial charge in [-0.25, -0.2) is 0 Å². The highest BCUT2D eigenvalue weighted by Gasteiger charge is 2.12. The molecule has 0 fully saturated rings. The maximum absolute atomic E-state index is 12.1. The quantitative estimate of drug-likeness (QED) is 0.727. The molecule has 3 aromatic rings. The molecule has 1 heterocycles. The number of halogens is 2. The molecule has 0 radical (unpaired) electrons. The van der Waals surface area contributed by atoms with Crippen LogP contribution in [-0.4, -0.2) is 23.2 Å². The number of hydrogen-bond donors (Lipinski definition) is 1. The Hall–Kier alpha value is -2.57. The van der Waals surface area contributed by atoms with E-state index in [1.165, 1.54) is 6.07 Å². The Kier molecular flexibility index (Phi) is 5.21. The van der Waals surface area contributed by atoms with E-state index < -0.39 is 0 Å². The summed E-state index contributed by atoms with van der Waals surface area (Å²) in [5.74, 6) is 0.994. The zero-order valence-electron chi connectivity index (χ0n) is 13.1. The van der Waals surface area contributed by atoms with E-state index in [9.17, 15) is 4.79 Å². The van der Waals surface area contributed by atoms with E-state index >= 15 is 0 Å². The van der Waals surface area contributed by atoms with Crippen LogP contribution >= 0.6 is 23.2 Å². The van der Waals surface area contributed by atoms with Gasteiger partial charge in [0.25, 0.3) is 5.91 Å². The molecular formula is C17H13Cl2N3O3. The largest absolute Gasteiger partial charge is 0.497 e. The third kappa shape index (κ3) is 4.10. The summed E-state index contributed by atoms with van der Waals surface area (Å²) < 4.78 is 10.7. The van der Waals surface area contributed by atoms with Crippen LogP contribution < -0.4 is 10.1 Å². The zero-order chi connectivity index (χ0) is 17.8. The second kappa shape index (κ2) is 7.55. The number of benzene rings is 2. The molecule has 0 aliphatic carbocycles. The SMILES string of the molecule is COc1cccc(-c2nnc(CNC(=O)c3ccc(Cl)c(Cl)c3)o2)c1. The highest BCUT2D eigenvalue weighted by atomic mass is 35.5. The van der Waals surface area contributed by atoms with Gasteiger partial charge in [0.1, 0.15) is 5.75 Å². The number of carbonyl (C=O) groups excluding carboxylic acids is 1. The van der Waals surface area contributed by atoms with E-state index in [0.29, 0.717) is 27.2 Å².